The standard InChI is InChI=1S/C27H24F3N3O4S/c1-36-20-9-7-19(8-10-20)31-25(35)33-13-14-38-26(33)22-15-21(37-2)11-12-23(22)32(24(26)34)16-17-3-5-18(6-4-17)27(28,29)30/h3-12,15H,13-14,16H2,1-2H3,(H,31,35). The van der Waals surface area contributed by atoms with E-state index in [9.17, 15) is 22.8 Å². The van der Waals surface area contributed by atoms with Crippen molar-refractivity contribution >= 4 is 35.1 Å². The maximum Gasteiger partial charge on any atom is 0.416 e. The van der Waals surface area contributed by atoms with Crippen LogP contribution < -0.4 is 19.7 Å². The number of halogens is 3. The number of alkyl halides is 3. The largest absolute Gasteiger partial charge is 0.497 e. The van der Waals surface area contributed by atoms with E-state index >= 15 is 0 Å². The number of nitrogens with zero attached hydrogens (tertiary/aromatic N) is 2. The minimum atomic E-state index is -4.45. The molecule has 1 N–H and O–H groups in total. The Kier molecular flexibility index (Phi) is 6.64. The smallest absolute Gasteiger partial charge is 0.416 e. The van der Waals surface area contributed by atoms with Crippen LogP contribution in [0.25, 0.3) is 0 Å². The van der Waals surface area contributed by atoms with Crippen LogP contribution in [0.1, 0.15) is 16.7 Å². The summed E-state index contributed by atoms with van der Waals surface area (Å²) < 4.78 is 49.7. The number of amides is 3. The van der Waals surface area contributed by atoms with Crippen LogP contribution in [0.3, 0.4) is 0 Å². The van der Waals surface area contributed by atoms with Crippen LogP contribution in [-0.4, -0.2) is 43.4 Å². The molecule has 0 saturated carbocycles. The highest BCUT2D eigenvalue weighted by Crippen LogP contribution is 2.55. The van der Waals surface area contributed by atoms with Crippen molar-refractivity contribution < 1.29 is 32.2 Å². The second kappa shape index (κ2) is 9.79. The van der Waals surface area contributed by atoms with Crippen molar-refractivity contribution in [1.29, 1.82) is 0 Å². The quantitative estimate of drug-likeness (QED) is 0.447. The van der Waals surface area contributed by atoms with E-state index in [-0.39, 0.29) is 12.5 Å². The summed E-state index contributed by atoms with van der Waals surface area (Å²) in [4.78, 5) is 29.3. The Morgan fingerprint density at radius 3 is 2.29 bits per heavy atom. The van der Waals surface area contributed by atoms with E-state index in [1.54, 1.807) is 49.6 Å². The fourth-order valence-electron chi connectivity index (χ4n) is 4.73. The lowest BCUT2D eigenvalue weighted by Crippen LogP contribution is -2.51. The average molecular weight is 544 g/mol. The molecule has 2 aliphatic heterocycles. The number of rotatable bonds is 5. The fourth-order valence-corrected chi connectivity index (χ4v) is 6.18. The molecule has 1 unspecified atom stereocenters. The predicted molar refractivity (Wildman–Crippen MR) is 138 cm³/mol. The molecule has 2 heterocycles. The summed E-state index contributed by atoms with van der Waals surface area (Å²) in [6, 6.07) is 16.3. The van der Waals surface area contributed by atoms with E-state index in [2.05, 4.69) is 5.32 Å². The molecule has 3 aromatic carbocycles. The van der Waals surface area contributed by atoms with Gasteiger partial charge in [-0.1, -0.05) is 12.1 Å². The van der Waals surface area contributed by atoms with E-state index in [0.717, 1.165) is 12.1 Å². The Morgan fingerprint density at radius 2 is 1.66 bits per heavy atom. The van der Waals surface area contributed by atoms with E-state index in [0.29, 0.717) is 46.3 Å². The molecule has 198 valence electrons. The van der Waals surface area contributed by atoms with Gasteiger partial charge < -0.3 is 19.7 Å². The van der Waals surface area contributed by atoms with Crippen LogP contribution in [0.4, 0.5) is 29.3 Å². The van der Waals surface area contributed by atoms with Gasteiger partial charge in [0.25, 0.3) is 5.91 Å². The molecule has 5 rings (SSSR count). The minimum absolute atomic E-state index is 0.0482. The van der Waals surface area contributed by atoms with Crippen molar-refractivity contribution in [3.8, 4) is 11.5 Å². The maximum atomic E-state index is 14.1. The third kappa shape index (κ3) is 4.40. The van der Waals surface area contributed by atoms with Crippen LogP contribution in [0.15, 0.2) is 66.7 Å². The first-order valence-electron chi connectivity index (χ1n) is 11.7. The van der Waals surface area contributed by atoms with Gasteiger partial charge in [0.2, 0.25) is 0 Å². The fraction of sp³-hybridized carbons (Fsp3) is 0.259. The van der Waals surface area contributed by atoms with E-state index < -0.39 is 22.6 Å². The Balaban J connectivity index is 1.49. The monoisotopic (exact) mass is 543 g/mol. The predicted octanol–water partition coefficient (Wildman–Crippen LogP) is 5.70. The van der Waals surface area contributed by atoms with Gasteiger partial charge in [-0.25, -0.2) is 4.79 Å². The molecule has 1 saturated heterocycles. The molecule has 38 heavy (non-hydrogen) atoms. The first-order chi connectivity index (χ1) is 18.2. The van der Waals surface area contributed by atoms with E-state index in [1.165, 1.54) is 40.8 Å². The summed E-state index contributed by atoms with van der Waals surface area (Å²) in [7, 11) is 3.06. The number of benzene rings is 3. The Labute approximate surface area is 221 Å². The summed E-state index contributed by atoms with van der Waals surface area (Å²) in [5.74, 6) is 1.34. The summed E-state index contributed by atoms with van der Waals surface area (Å²) in [6.45, 7) is 0.371. The van der Waals surface area contributed by atoms with Gasteiger partial charge in [0, 0.05) is 23.5 Å². The van der Waals surface area contributed by atoms with Crippen LogP contribution in [0.5, 0.6) is 11.5 Å². The second-order valence-corrected chi connectivity index (χ2v) is 10.1. The first kappa shape index (κ1) is 25.8. The summed E-state index contributed by atoms with van der Waals surface area (Å²) in [5, 5.41) is 2.86. The molecule has 0 aliphatic carbocycles. The lowest BCUT2D eigenvalue weighted by Gasteiger charge is -2.33. The summed E-state index contributed by atoms with van der Waals surface area (Å²) in [6.07, 6.45) is -4.45. The molecular weight excluding hydrogens is 519 g/mol. The van der Waals surface area contributed by atoms with Crippen molar-refractivity contribution in [2.45, 2.75) is 17.6 Å². The molecule has 1 fully saturated rings. The number of urea groups is 1. The van der Waals surface area contributed by atoms with Crippen molar-refractivity contribution in [1.82, 2.24) is 4.90 Å². The zero-order valence-electron chi connectivity index (χ0n) is 20.5. The number of methoxy groups -OCH3 is 2. The number of carbonyl (C=O) groups is 2. The molecule has 0 bridgehead atoms. The van der Waals surface area contributed by atoms with Gasteiger partial charge in [0.1, 0.15) is 11.5 Å². The van der Waals surface area contributed by atoms with E-state index in [4.69, 9.17) is 9.47 Å². The van der Waals surface area contributed by atoms with Crippen LogP contribution >= 0.6 is 11.8 Å². The number of hydrogen-bond acceptors (Lipinski definition) is 5. The number of nitrogens with one attached hydrogen (secondary N) is 1. The van der Waals surface area contributed by atoms with Gasteiger partial charge in [-0.3, -0.25) is 9.69 Å². The van der Waals surface area contributed by atoms with Crippen LogP contribution in [-0.2, 0) is 22.4 Å². The summed E-state index contributed by atoms with van der Waals surface area (Å²) in [5.41, 5.74) is 1.49. The molecule has 0 aromatic heterocycles. The second-order valence-electron chi connectivity index (χ2n) is 8.77. The van der Waals surface area contributed by atoms with Gasteiger partial charge in [0.05, 0.1) is 32.0 Å². The average Bonchev–Trinajstić information content (AvgIpc) is 3.46. The van der Waals surface area contributed by atoms with Crippen molar-refractivity contribution in [3.63, 3.8) is 0 Å². The Morgan fingerprint density at radius 1 is 1.00 bits per heavy atom. The van der Waals surface area contributed by atoms with Gasteiger partial charge in [-0.2, -0.15) is 13.2 Å². The molecule has 3 aromatic rings. The third-order valence-corrected chi connectivity index (χ3v) is 8.03. The van der Waals surface area contributed by atoms with Crippen LogP contribution in [0.2, 0.25) is 0 Å². The number of carbonyl (C=O) groups excluding carboxylic acids is 2. The first-order valence-corrected chi connectivity index (χ1v) is 12.7. The molecule has 11 heteroatoms. The minimum Gasteiger partial charge on any atom is -0.497 e. The number of thioether (sulfide) groups is 1. The lowest BCUT2D eigenvalue weighted by molar-refractivity contribution is -0.137. The molecule has 1 atom stereocenters. The number of hydrogen-bond donors (Lipinski definition) is 1. The lowest BCUT2D eigenvalue weighted by atomic mass is 10.1. The van der Waals surface area contributed by atoms with Gasteiger partial charge in [-0.15, -0.1) is 11.8 Å². The topological polar surface area (TPSA) is 71.1 Å². The maximum absolute atomic E-state index is 14.1. The van der Waals surface area contributed by atoms with Gasteiger partial charge >= 0.3 is 12.2 Å². The van der Waals surface area contributed by atoms with Gasteiger partial charge in [-0.05, 0) is 60.2 Å². The Bertz CT molecular complexity index is 1370. The summed E-state index contributed by atoms with van der Waals surface area (Å²) >= 11 is 1.35. The number of anilines is 2. The molecular formula is C27H24F3N3O4S. The molecule has 2 aliphatic rings. The van der Waals surface area contributed by atoms with Crippen molar-refractivity contribution in [2.24, 2.45) is 0 Å². The Hall–Kier alpha value is -3.86. The van der Waals surface area contributed by atoms with E-state index in [1.807, 2.05) is 0 Å². The highest BCUT2D eigenvalue weighted by Gasteiger charge is 2.59. The molecule has 1 spiro atoms. The third-order valence-electron chi connectivity index (χ3n) is 6.61. The van der Waals surface area contributed by atoms with Crippen LogP contribution in [0, 0.1) is 0 Å². The van der Waals surface area contributed by atoms with Gasteiger partial charge in [0.15, 0.2) is 4.87 Å². The number of fused-ring (bicyclic) bond motifs is 2. The zero-order valence-corrected chi connectivity index (χ0v) is 21.4. The number of ether oxygens (including phenoxy) is 2. The highest BCUT2D eigenvalue weighted by atomic mass is 32.2. The SMILES string of the molecule is COc1ccc(NC(=O)N2CCSC23C(=O)N(Cc2ccc(C(F)(F)F)cc2)c2ccc(OC)cc23)cc1. The zero-order chi connectivity index (χ0) is 27.1. The normalized spacial score (nSPS) is 18.6. The molecule has 0 radical (unpaired) electrons. The van der Waals surface area contributed by atoms with Crippen molar-refractivity contribution in [2.75, 3.05) is 36.7 Å². The van der Waals surface area contributed by atoms with Crippen molar-refractivity contribution in [3.05, 3.63) is 83.4 Å². The molecule has 3 amide bonds. The highest BCUT2D eigenvalue weighted by molar-refractivity contribution is 8.01. The molecule has 7 nitrogen and oxygen atoms in total.